The number of hydrogen-bond donors (Lipinski definition) is 2. The van der Waals surface area contributed by atoms with E-state index in [1.54, 1.807) is 0 Å². The number of rotatable bonds is 5. The van der Waals surface area contributed by atoms with Gasteiger partial charge in [-0.25, -0.2) is 0 Å². The van der Waals surface area contributed by atoms with E-state index in [-0.39, 0.29) is 5.91 Å². The van der Waals surface area contributed by atoms with Crippen molar-refractivity contribution in [1.82, 2.24) is 25.1 Å². The fourth-order valence-corrected chi connectivity index (χ4v) is 4.17. The first-order valence-electron chi connectivity index (χ1n) is 9.62. The summed E-state index contributed by atoms with van der Waals surface area (Å²) in [4.78, 5) is 16.4. The zero-order valence-electron chi connectivity index (χ0n) is 15.7. The number of amides is 1. The Kier molecular flexibility index (Phi) is 4.17. The van der Waals surface area contributed by atoms with E-state index in [0.717, 1.165) is 41.0 Å². The van der Waals surface area contributed by atoms with Crippen molar-refractivity contribution in [3.63, 3.8) is 0 Å². The molecule has 1 atom stereocenters. The summed E-state index contributed by atoms with van der Waals surface area (Å²) >= 11 is 6.12. The molecule has 5 rings (SSSR count). The van der Waals surface area contributed by atoms with E-state index in [1.165, 1.54) is 0 Å². The molecule has 2 N–H and O–H groups in total. The van der Waals surface area contributed by atoms with E-state index in [9.17, 15) is 4.79 Å². The number of halogens is 1. The maximum atomic E-state index is 13.1. The molecule has 1 fully saturated rings. The minimum absolute atomic E-state index is 0.0620. The highest BCUT2D eigenvalue weighted by Crippen LogP contribution is 2.42. The molecule has 2 aliphatic rings. The molecule has 1 aliphatic carbocycles. The van der Waals surface area contributed by atoms with Crippen LogP contribution in [-0.4, -0.2) is 38.8 Å². The van der Waals surface area contributed by atoms with Crippen LogP contribution in [0.1, 0.15) is 42.9 Å². The molecule has 1 amide bonds. The molecule has 0 spiro atoms. The number of aromatic amines is 1. The standard InChI is InChI=1S/C20H22ClN5O2/c1-20(11-28-10-17-24-25-18(26(17)20)12-2-3-12)19(27)22-7-6-13-9-23-16-5-4-14(21)8-15(13)16/h4-5,8-9,12,23H,2-3,6-7,10-11H2,1H3,(H,22,27). The third-order valence-corrected chi connectivity index (χ3v) is 5.94. The summed E-state index contributed by atoms with van der Waals surface area (Å²) in [5.74, 6) is 2.01. The lowest BCUT2D eigenvalue weighted by molar-refractivity contribution is -0.135. The smallest absolute Gasteiger partial charge is 0.248 e. The fourth-order valence-electron chi connectivity index (χ4n) is 4.00. The Labute approximate surface area is 167 Å². The van der Waals surface area contributed by atoms with Crippen LogP contribution < -0.4 is 5.32 Å². The van der Waals surface area contributed by atoms with Gasteiger partial charge in [-0.05, 0) is 49.9 Å². The Hall–Kier alpha value is -2.38. The lowest BCUT2D eigenvalue weighted by atomic mass is 9.99. The van der Waals surface area contributed by atoms with Crippen molar-refractivity contribution in [2.75, 3.05) is 13.2 Å². The van der Waals surface area contributed by atoms with Crippen LogP contribution in [-0.2, 0) is 28.1 Å². The van der Waals surface area contributed by atoms with Gasteiger partial charge in [0.2, 0.25) is 5.91 Å². The van der Waals surface area contributed by atoms with Crippen LogP contribution in [0, 0.1) is 0 Å². The Bertz CT molecular complexity index is 1050. The summed E-state index contributed by atoms with van der Waals surface area (Å²) in [6, 6.07) is 5.78. The molecule has 3 heterocycles. The molecule has 7 nitrogen and oxygen atoms in total. The normalized spacial score (nSPS) is 21.6. The zero-order chi connectivity index (χ0) is 19.3. The van der Waals surface area contributed by atoms with E-state index in [2.05, 4.69) is 20.5 Å². The van der Waals surface area contributed by atoms with Gasteiger partial charge < -0.3 is 15.0 Å². The van der Waals surface area contributed by atoms with Gasteiger partial charge >= 0.3 is 0 Å². The first-order chi connectivity index (χ1) is 13.6. The van der Waals surface area contributed by atoms with Crippen molar-refractivity contribution < 1.29 is 9.53 Å². The van der Waals surface area contributed by atoms with Crippen molar-refractivity contribution in [3.05, 3.63) is 46.6 Å². The van der Waals surface area contributed by atoms with Gasteiger partial charge in [-0.2, -0.15) is 0 Å². The number of carbonyl (C=O) groups excluding carboxylic acids is 1. The number of aromatic nitrogens is 4. The Morgan fingerprint density at radius 2 is 2.29 bits per heavy atom. The van der Waals surface area contributed by atoms with Gasteiger partial charge in [-0.15, -0.1) is 10.2 Å². The number of fused-ring (bicyclic) bond motifs is 2. The number of H-pyrrole nitrogens is 1. The largest absolute Gasteiger partial charge is 0.370 e. The van der Waals surface area contributed by atoms with Gasteiger partial charge in [0.1, 0.15) is 18.0 Å². The average Bonchev–Trinajstić information content (AvgIpc) is 3.31. The molecular formula is C20H22ClN5O2. The number of nitrogens with zero attached hydrogens (tertiary/aromatic N) is 3. The molecule has 1 saturated carbocycles. The summed E-state index contributed by atoms with van der Waals surface area (Å²) < 4.78 is 7.67. The molecule has 1 aromatic carbocycles. The van der Waals surface area contributed by atoms with Crippen LogP contribution in [0.4, 0.5) is 0 Å². The third-order valence-electron chi connectivity index (χ3n) is 5.70. The van der Waals surface area contributed by atoms with Crippen molar-refractivity contribution in [2.24, 2.45) is 0 Å². The summed E-state index contributed by atoms with van der Waals surface area (Å²) in [6.45, 7) is 3.17. The quantitative estimate of drug-likeness (QED) is 0.690. The number of hydrogen-bond acceptors (Lipinski definition) is 4. The second kappa shape index (κ2) is 6.60. The highest BCUT2D eigenvalue weighted by atomic mass is 35.5. The average molecular weight is 400 g/mol. The van der Waals surface area contributed by atoms with E-state index in [0.29, 0.717) is 37.1 Å². The van der Waals surface area contributed by atoms with Gasteiger partial charge in [-0.1, -0.05) is 11.6 Å². The van der Waals surface area contributed by atoms with Gasteiger partial charge in [0.15, 0.2) is 5.82 Å². The van der Waals surface area contributed by atoms with Gasteiger partial charge in [0, 0.05) is 34.6 Å². The molecule has 28 heavy (non-hydrogen) atoms. The van der Waals surface area contributed by atoms with Crippen molar-refractivity contribution in [3.8, 4) is 0 Å². The topological polar surface area (TPSA) is 84.8 Å². The minimum atomic E-state index is -0.821. The predicted octanol–water partition coefficient (Wildman–Crippen LogP) is 2.89. The predicted molar refractivity (Wildman–Crippen MR) is 105 cm³/mol. The molecule has 0 saturated heterocycles. The first kappa shape index (κ1) is 17.7. The Balaban J connectivity index is 1.32. The van der Waals surface area contributed by atoms with Crippen LogP contribution in [0.5, 0.6) is 0 Å². The molecule has 3 aromatic rings. The monoisotopic (exact) mass is 399 g/mol. The number of ether oxygens (including phenoxy) is 1. The highest BCUT2D eigenvalue weighted by molar-refractivity contribution is 6.31. The maximum absolute atomic E-state index is 13.1. The zero-order valence-corrected chi connectivity index (χ0v) is 16.4. The van der Waals surface area contributed by atoms with Crippen molar-refractivity contribution in [2.45, 2.75) is 44.2 Å². The summed E-state index contributed by atoms with van der Waals surface area (Å²) in [6.07, 6.45) is 4.91. The van der Waals surface area contributed by atoms with Crippen LogP contribution >= 0.6 is 11.6 Å². The van der Waals surface area contributed by atoms with Crippen molar-refractivity contribution >= 4 is 28.4 Å². The molecule has 0 bridgehead atoms. The molecule has 1 aliphatic heterocycles. The summed E-state index contributed by atoms with van der Waals surface area (Å²) in [7, 11) is 0. The minimum Gasteiger partial charge on any atom is -0.370 e. The lowest BCUT2D eigenvalue weighted by Gasteiger charge is -2.35. The van der Waals surface area contributed by atoms with E-state index < -0.39 is 5.54 Å². The maximum Gasteiger partial charge on any atom is 0.248 e. The molecule has 2 aromatic heterocycles. The second-order valence-electron chi connectivity index (χ2n) is 7.86. The highest BCUT2D eigenvalue weighted by Gasteiger charge is 2.45. The first-order valence-corrected chi connectivity index (χ1v) is 10.0. The van der Waals surface area contributed by atoms with E-state index >= 15 is 0 Å². The van der Waals surface area contributed by atoms with E-state index in [1.807, 2.05) is 35.9 Å². The summed E-state index contributed by atoms with van der Waals surface area (Å²) in [5, 5.41) is 13.5. The fraction of sp³-hybridized carbons (Fsp3) is 0.450. The van der Waals surface area contributed by atoms with Crippen LogP contribution in [0.2, 0.25) is 5.02 Å². The third kappa shape index (κ3) is 2.89. The summed E-state index contributed by atoms with van der Waals surface area (Å²) in [5.41, 5.74) is 1.35. The van der Waals surface area contributed by atoms with Gasteiger partial charge in [0.25, 0.3) is 0 Å². The second-order valence-corrected chi connectivity index (χ2v) is 8.30. The molecule has 1 unspecified atom stereocenters. The van der Waals surface area contributed by atoms with Crippen LogP contribution in [0.25, 0.3) is 10.9 Å². The Morgan fingerprint density at radius 1 is 1.43 bits per heavy atom. The molecule has 146 valence electrons. The molecular weight excluding hydrogens is 378 g/mol. The van der Waals surface area contributed by atoms with Crippen LogP contribution in [0.15, 0.2) is 24.4 Å². The van der Waals surface area contributed by atoms with Crippen molar-refractivity contribution in [1.29, 1.82) is 0 Å². The van der Waals surface area contributed by atoms with Gasteiger partial charge in [0.05, 0.1) is 6.61 Å². The molecule has 8 heteroatoms. The molecule has 0 radical (unpaired) electrons. The SMILES string of the molecule is CC1(C(=O)NCCc2c[nH]c3ccc(Cl)cc23)COCc2nnc(C3CC3)n21. The number of carbonyl (C=O) groups is 1. The Morgan fingerprint density at radius 3 is 3.11 bits per heavy atom. The van der Waals surface area contributed by atoms with Gasteiger partial charge in [-0.3, -0.25) is 9.36 Å². The lowest BCUT2D eigenvalue weighted by Crippen LogP contribution is -2.53. The number of nitrogens with one attached hydrogen (secondary N) is 2. The van der Waals surface area contributed by atoms with E-state index in [4.69, 9.17) is 16.3 Å². The van der Waals surface area contributed by atoms with Crippen LogP contribution in [0.3, 0.4) is 0 Å². The number of benzene rings is 1.